The van der Waals surface area contributed by atoms with Crippen molar-refractivity contribution in [1.29, 1.82) is 0 Å². The molecule has 0 aliphatic rings. The first-order valence-electron chi connectivity index (χ1n) is 3.24. The van der Waals surface area contributed by atoms with E-state index in [1.54, 1.807) is 6.20 Å². The molecule has 0 bridgehead atoms. The van der Waals surface area contributed by atoms with Crippen LogP contribution in [0.25, 0.3) is 0 Å². The summed E-state index contributed by atoms with van der Waals surface area (Å²) in [4.78, 5) is 10.8. The van der Waals surface area contributed by atoms with Crippen LogP contribution in [0.2, 0.25) is 0 Å². The van der Waals surface area contributed by atoms with Crippen LogP contribution in [0, 0.1) is 6.92 Å². The topological polar surface area (TPSA) is 83.8 Å². The number of aromatic amines is 1. The Morgan fingerprint density at radius 2 is 2.64 bits per heavy atom. The fraction of sp³-hybridized carbons (Fsp3) is 0.333. The number of carbonyl (C=O) groups is 1. The fourth-order valence-corrected chi connectivity index (χ4v) is 0.678. The number of aromatic nitrogens is 2. The Hall–Kier alpha value is -1.36. The quantitative estimate of drug-likeness (QED) is 0.542. The SMILES string of the molecule is Cc1[nH]ncc1NC(=O)CN. The lowest BCUT2D eigenvalue weighted by atomic mass is 10.4. The molecule has 0 saturated carbocycles. The third kappa shape index (κ3) is 1.78. The Kier molecular flexibility index (Phi) is 2.22. The van der Waals surface area contributed by atoms with Crippen molar-refractivity contribution < 1.29 is 4.79 Å². The Balaban J connectivity index is 2.64. The molecule has 0 saturated heterocycles. The molecule has 0 fully saturated rings. The number of amides is 1. The molecule has 0 aromatic carbocycles. The van der Waals surface area contributed by atoms with Gasteiger partial charge in [0.25, 0.3) is 0 Å². The molecule has 0 aliphatic heterocycles. The molecule has 5 heteroatoms. The number of nitrogens with zero attached hydrogens (tertiary/aromatic N) is 1. The summed E-state index contributed by atoms with van der Waals surface area (Å²) in [6.07, 6.45) is 1.54. The van der Waals surface area contributed by atoms with Gasteiger partial charge in [0.05, 0.1) is 24.1 Å². The number of H-pyrrole nitrogens is 1. The summed E-state index contributed by atoms with van der Waals surface area (Å²) < 4.78 is 0. The molecule has 0 radical (unpaired) electrons. The largest absolute Gasteiger partial charge is 0.322 e. The van der Waals surface area contributed by atoms with Gasteiger partial charge in [0.15, 0.2) is 0 Å². The van der Waals surface area contributed by atoms with Crippen molar-refractivity contribution in [2.75, 3.05) is 11.9 Å². The Morgan fingerprint density at radius 3 is 3.09 bits per heavy atom. The third-order valence-corrected chi connectivity index (χ3v) is 1.29. The summed E-state index contributed by atoms with van der Waals surface area (Å²) in [7, 11) is 0. The van der Waals surface area contributed by atoms with Gasteiger partial charge in [0.1, 0.15) is 0 Å². The molecule has 1 aromatic heterocycles. The number of nitrogens with one attached hydrogen (secondary N) is 2. The van der Waals surface area contributed by atoms with Crippen LogP contribution in [0.15, 0.2) is 6.20 Å². The van der Waals surface area contributed by atoms with E-state index in [1.165, 1.54) is 0 Å². The van der Waals surface area contributed by atoms with Crippen molar-refractivity contribution in [3.63, 3.8) is 0 Å². The number of hydrogen-bond acceptors (Lipinski definition) is 3. The Bertz CT molecular complexity index is 255. The summed E-state index contributed by atoms with van der Waals surface area (Å²) in [6, 6.07) is 0. The van der Waals surface area contributed by atoms with Gasteiger partial charge in [-0.25, -0.2) is 0 Å². The first-order chi connectivity index (χ1) is 5.24. The highest BCUT2D eigenvalue weighted by atomic mass is 16.1. The van der Waals surface area contributed by atoms with Crippen LogP contribution >= 0.6 is 0 Å². The molecular weight excluding hydrogens is 144 g/mol. The molecule has 0 unspecified atom stereocenters. The lowest BCUT2D eigenvalue weighted by Crippen LogP contribution is -2.21. The van der Waals surface area contributed by atoms with E-state index in [1.807, 2.05) is 6.92 Å². The molecule has 0 aliphatic carbocycles. The number of hydrogen-bond donors (Lipinski definition) is 3. The molecule has 1 heterocycles. The molecule has 1 rings (SSSR count). The zero-order valence-electron chi connectivity index (χ0n) is 6.22. The highest BCUT2D eigenvalue weighted by Crippen LogP contribution is 2.08. The molecule has 0 atom stereocenters. The number of rotatable bonds is 2. The maximum Gasteiger partial charge on any atom is 0.238 e. The molecular formula is C6H10N4O. The molecule has 0 spiro atoms. The number of anilines is 1. The van der Waals surface area contributed by atoms with E-state index in [0.29, 0.717) is 5.69 Å². The highest BCUT2D eigenvalue weighted by Gasteiger charge is 2.02. The third-order valence-electron chi connectivity index (χ3n) is 1.29. The monoisotopic (exact) mass is 154 g/mol. The molecule has 5 nitrogen and oxygen atoms in total. The predicted molar refractivity (Wildman–Crippen MR) is 41.0 cm³/mol. The van der Waals surface area contributed by atoms with Crippen LogP contribution in [0.1, 0.15) is 5.69 Å². The summed E-state index contributed by atoms with van der Waals surface area (Å²) in [6.45, 7) is 1.81. The van der Waals surface area contributed by atoms with Gasteiger partial charge >= 0.3 is 0 Å². The molecule has 11 heavy (non-hydrogen) atoms. The highest BCUT2D eigenvalue weighted by molar-refractivity contribution is 5.92. The van der Waals surface area contributed by atoms with Crippen LogP contribution in [0.3, 0.4) is 0 Å². The van der Waals surface area contributed by atoms with Gasteiger partial charge in [-0.1, -0.05) is 0 Å². The van der Waals surface area contributed by atoms with Gasteiger partial charge in [-0.2, -0.15) is 5.10 Å². The zero-order chi connectivity index (χ0) is 8.27. The van der Waals surface area contributed by atoms with E-state index in [4.69, 9.17) is 5.73 Å². The fourth-order valence-electron chi connectivity index (χ4n) is 0.678. The lowest BCUT2D eigenvalue weighted by molar-refractivity contribution is -0.114. The Morgan fingerprint density at radius 1 is 1.91 bits per heavy atom. The summed E-state index contributed by atoms with van der Waals surface area (Å²) >= 11 is 0. The maximum absolute atomic E-state index is 10.8. The molecule has 1 amide bonds. The molecule has 1 aromatic rings. The van der Waals surface area contributed by atoms with Crippen molar-refractivity contribution in [3.05, 3.63) is 11.9 Å². The normalized spacial score (nSPS) is 9.64. The second kappa shape index (κ2) is 3.16. The first kappa shape index (κ1) is 7.74. The zero-order valence-corrected chi connectivity index (χ0v) is 6.22. The van der Waals surface area contributed by atoms with Gasteiger partial charge in [-0.3, -0.25) is 9.89 Å². The van der Waals surface area contributed by atoms with Gasteiger partial charge < -0.3 is 11.1 Å². The molecule has 4 N–H and O–H groups in total. The van der Waals surface area contributed by atoms with Gasteiger partial charge in [-0.15, -0.1) is 0 Å². The second-order valence-electron chi connectivity index (χ2n) is 2.16. The minimum atomic E-state index is -0.213. The van der Waals surface area contributed by atoms with Crippen LogP contribution < -0.4 is 11.1 Å². The van der Waals surface area contributed by atoms with Crippen LogP contribution in [0.4, 0.5) is 5.69 Å². The predicted octanol–water partition coefficient (Wildman–Crippen LogP) is -0.385. The van der Waals surface area contributed by atoms with Crippen molar-refractivity contribution in [1.82, 2.24) is 10.2 Å². The lowest BCUT2D eigenvalue weighted by Gasteiger charge is -1.99. The van der Waals surface area contributed by atoms with Crippen molar-refractivity contribution >= 4 is 11.6 Å². The van der Waals surface area contributed by atoms with Crippen molar-refractivity contribution in [3.8, 4) is 0 Å². The van der Waals surface area contributed by atoms with E-state index in [0.717, 1.165) is 5.69 Å². The Labute approximate surface area is 64.0 Å². The van der Waals surface area contributed by atoms with Crippen molar-refractivity contribution in [2.45, 2.75) is 6.92 Å². The van der Waals surface area contributed by atoms with Crippen LogP contribution in [0.5, 0.6) is 0 Å². The number of nitrogens with two attached hydrogens (primary N) is 1. The summed E-state index contributed by atoms with van der Waals surface area (Å²) in [5.74, 6) is -0.213. The van der Waals surface area contributed by atoms with Gasteiger partial charge in [0.2, 0.25) is 5.91 Å². The smallest absolute Gasteiger partial charge is 0.238 e. The summed E-state index contributed by atoms with van der Waals surface area (Å²) in [5.41, 5.74) is 6.60. The van der Waals surface area contributed by atoms with E-state index in [9.17, 15) is 4.79 Å². The van der Waals surface area contributed by atoms with Crippen LogP contribution in [-0.2, 0) is 4.79 Å². The van der Waals surface area contributed by atoms with E-state index in [2.05, 4.69) is 15.5 Å². The average molecular weight is 154 g/mol. The van der Waals surface area contributed by atoms with Gasteiger partial charge in [-0.05, 0) is 6.92 Å². The minimum Gasteiger partial charge on any atom is -0.322 e. The van der Waals surface area contributed by atoms with E-state index >= 15 is 0 Å². The van der Waals surface area contributed by atoms with E-state index in [-0.39, 0.29) is 12.5 Å². The number of carbonyl (C=O) groups excluding carboxylic acids is 1. The first-order valence-corrected chi connectivity index (χ1v) is 3.24. The van der Waals surface area contributed by atoms with Gasteiger partial charge in [0, 0.05) is 0 Å². The standard InChI is InChI=1S/C6H10N4O/c1-4-5(3-8-10-4)9-6(11)2-7/h3H,2,7H2,1H3,(H,8,10)(H,9,11). The van der Waals surface area contributed by atoms with Crippen LogP contribution in [-0.4, -0.2) is 22.6 Å². The average Bonchev–Trinajstić information content (AvgIpc) is 2.37. The maximum atomic E-state index is 10.8. The minimum absolute atomic E-state index is 0.00931. The summed E-state index contributed by atoms with van der Waals surface area (Å²) in [5, 5.41) is 9.00. The van der Waals surface area contributed by atoms with Crippen molar-refractivity contribution in [2.24, 2.45) is 5.73 Å². The number of aryl methyl sites for hydroxylation is 1. The second-order valence-corrected chi connectivity index (χ2v) is 2.16. The van der Waals surface area contributed by atoms with E-state index < -0.39 is 0 Å². The molecule has 60 valence electrons.